The maximum atomic E-state index is 7.35. The van der Waals surface area contributed by atoms with Crippen molar-refractivity contribution < 1.29 is 16.4 Å². The van der Waals surface area contributed by atoms with Gasteiger partial charge in [0.05, 0.1) is 4.11 Å². The monoisotopic (exact) mass is 96.2 g/mol. The predicted octanol–water partition coefficient (Wildman–Crippen LogP) is 2.36. The largest absolute Gasteiger partial charge is 0.103 e. The molecule has 0 radical (unpaired) electrons. The fourth-order valence-electron chi connectivity index (χ4n) is 0.0625. The van der Waals surface area contributed by atoms with Crippen molar-refractivity contribution in [1.82, 2.24) is 0 Å². The summed E-state index contributed by atoms with van der Waals surface area (Å²) in [6, 6.07) is -1.42. The SMILES string of the molecule is [2H]C([2H])=C([2H])C([2H])([2H])C([2H])([2H])C([2H])([2H])C([2H])([2H])[2H]. The van der Waals surface area contributed by atoms with Crippen LogP contribution in [0.15, 0.2) is 12.6 Å². The van der Waals surface area contributed by atoms with Crippen LogP contribution in [0.4, 0.5) is 0 Å². The Balaban J connectivity index is 5.88. The molecule has 6 heavy (non-hydrogen) atoms. The van der Waals surface area contributed by atoms with Crippen LogP contribution < -0.4 is 0 Å². The quantitative estimate of drug-likeness (QED) is 0.473. The van der Waals surface area contributed by atoms with Crippen molar-refractivity contribution in [3.05, 3.63) is 12.6 Å². The van der Waals surface area contributed by atoms with E-state index in [0.29, 0.717) is 0 Å². The highest BCUT2D eigenvalue weighted by Gasteiger charge is 1.71. The van der Waals surface area contributed by atoms with E-state index < -0.39 is 38.6 Å². The van der Waals surface area contributed by atoms with Crippen molar-refractivity contribution in [3.63, 3.8) is 0 Å². The molecule has 0 amide bonds. The van der Waals surface area contributed by atoms with Gasteiger partial charge in [-0.05, 0) is 6.37 Å². The molecule has 0 saturated heterocycles. The molecular weight excluding hydrogens is 72.1 g/mol. The van der Waals surface area contributed by atoms with Gasteiger partial charge < -0.3 is 0 Å². The van der Waals surface area contributed by atoms with E-state index in [9.17, 15) is 0 Å². The van der Waals surface area contributed by atoms with Gasteiger partial charge in [0.25, 0.3) is 0 Å². The molecule has 0 aliphatic carbocycles. The van der Waals surface area contributed by atoms with Gasteiger partial charge in [0.2, 0.25) is 0 Å². The maximum absolute atomic E-state index is 7.35. The molecule has 0 aliphatic rings. The Bertz CT molecular complexity index is 342. The van der Waals surface area contributed by atoms with E-state index in [2.05, 4.69) is 0 Å². The van der Waals surface area contributed by atoms with Crippen LogP contribution in [-0.4, -0.2) is 0 Å². The number of allylic oxidation sites excluding steroid dienone is 1. The fraction of sp³-hybridized carbons (Fsp3) is 0.667. The summed E-state index contributed by atoms with van der Waals surface area (Å²) in [6.45, 7) is -4.79. The summed E-state index contributed by atoms with van der Waals surface area (Å²) in [5.74, 6) is 0. The van der Waals surface area contributed by atoms with Crippen molar-refractivity contribution in [3.8, 4) is 0 Å². The second-order valence-corrected chi connectivity index (χ2v) is 0.500. The van der Waals surface area contributed by atoms with E-state index in [0.717, 1.165) is 0 Å². The van der Waals surface area contributed by atoms with Crippen molar-refractivity contribution in [2.75, 3.05) is 0 Å². The van der Waals surface area contributed by atoms with E-state index in [1.807, 2.05) is 0 Å². The van der Waals surface area contributed by atoms with E-state index in [1.165, 1.54) is 0 Å². The second kappa shape index (κ2) is 4.74. The van der Waals surface area contributed by atoms with Crippen LogP contribution in [0.1, 0.15) is 42.4 Å². The molecule has 0 heteroatoms. The highest BCUT2D eigenvalue weighted by atomic mass is 13.8. The van der Waals surface area contributed by atoms with Crippen LogP contribution >= 0.6 is 0 Å². The van der Waals surface area contributed by atoms with E-state index in [-0.39, 0.29) is 0 Å². The van der Waals surface area contributed by atoms with Gasteiger partial charge in [-0.2, -0.15) is 0 Å². The molecule has 0 rings (SSSR count). The second-order valence-electron chi connectivity index (χ2n) is 0.500. The molecule has 0 aromatic rings. The standard InChI is InChI=1S/C6H12/c1-3-5-6-4-2/h3H,1,4-6H2,2H3/i1D2,2D3,3D,4D2,5D2,6D2. The Morgan fingerprint density at radius 2 is 3.50 bits per heavy atom. The zero-order chi connectivity index (χ0) is 15.2. The molecule has 0 N–H and O–H groups in total. The van der Waals surface area contributed by atoms with Crippen LogP contribution in [0.25, 0.3) is 0 Å². The molecule has 0 aromatic carbocycles. The highest BCUT2D eigenvalue weighted by molar-refractivity contribution is 4.64. The van der Waals surface area contributed by atoms with Gasteiger partial charge in [0.1, 0.15) is 0 Å². The fourth-order valence-corrected chi connectivity index (χ4v) is 0.0625. The molecule has 0 spiro atoms. The lowest BCUT2D eigenvalue weighted by atomic mass is 10.3. The first-order valence-electron chi connectivity index (χ1n) is 7.25. The molecule has 0 unspecified atom stereocenters. The summed E-state index contributed by atoms with van der Waals surface area (Å²) in [5.41, 5.74) is 0. The van der Waals surface area contributed by atoms with Crippen molar-refractivity contribution in [2.24, 2.45) is 0 Å². The Kier molecular flexibility index (Phi) is 0.364. The minimum atomic E-state index is -3.60. The van der Waals surface area contributed by atoms with Gasteiger partial charge >= 0.3 is 0 Å². The smallest absolute Gasteiger partial charge is 0.0570 e. The average molecular weight is 96.2 g/mol. The summed E-state index contributed by atoms with van der Waals surface area (Å²) in [5, 5.41) is 0. The molecule has 0 aliphatic heterocycles. The third-order valence-corrected chi connectivity index (χ3v) is 0.188. The Hall–Kier alpha value is -0.260. The molecule has 0 heterocycles. The summed E-state index contributed by atoms with van der Waals surface area (Å²) >= 11 is 0. The molecule has 0 aromatic heterocycles. The third kappa shape index (κ3) is 3.74. The van der Waals surface area contributed by atoms with Gasteiger partial charge in [-0.25, -0.2) is 0 Å². The topological polar surface area (TPSA) is 0 Å². The zero-order valence-electron chi connectivity index (χ0n) is 15.0. The number of hydrogen-bond donors (Lipinski definition) is 0. The zero-order valence-corrected chi connectivity index (χ0v) is 3.00. The Morgan fingerprint density at radius 1 is 2.50 bits per heavy atom. The Labute approximate surface area is 56.7 Å². The van der Waals surface area contributed by atoms with Crippen LogP contribution in [-0.2, 0) is 0 Å². The first-order valence-corrected chi connectivity index (χ1v) is 1.25. The number of rotatable bonds is 3. The third-order valence-electron chi connectivity index (χ3n) is 0.188. The van der Waals surface area contributed by atoms with Gasteiger partial charge in [-0.15, -0.1) is 6.53 Å². The molecule has 0 fully saturated rings. The lowest BCUT2D eigenvalue weighted by Gasteiger charge is -1.81. The van der Waals surface area contributed by atoms with Gasteiger partial charge in [0.15, 0.2) is 0 Å². The minimum absolute atomic E-state index is 1.34. The Morgan fingerprint density at radius 3 is 4.17 bits per heavy atom. The van der Waals surface area contributed by atoms with Crippen molar-refractivity contribution in [1.29, 1.82) is 0 Å². The lowest BCUT2D eigenvalue weighted by molar-refractivity contribution is 0.816. The first kappa shape index (κ1) is 0.460. The molecular formula is C6H12. The number of hydrogen-bond acceptors (Lipinski definition) is 0. The van der Waals surface area contributed by atoms with Gasteiger partial charge in [0, 0.05) is 12.3 Å². The maximum Gasteiger partial charge on any atom is 0.0570 e. The van der Waals surface area contributed by atoms with Crippen LogP contribution in [0.3, 0.4) is 0 Å². The summed E-state index contributed by atoms with van der Waals surface area (Å²) in [7, 11) is 0. The van der Waals surface area contributed by atoms with Gasteiger partial charge in [-0.1, -0.05) is 25.6 Å². The van der Waals surface area contributed by atoms with Crippen LogP contribution in [0.5, 0.6) is 0 Å². The molecule has 0 nitrogen and oxygen atoms in total. The normalized spacial score (nSPS) is 46.0. The summed E-state index contributed by atoms with van der Waals surface area (Å²) in [6.07, 6.45) is -10.6. The van der Waals surface area contributed by atoms with Crippen LogP contribution in [0, 0.1) is 0 Å². The van der Waals surface area contributed by atoms with Crippen molar-refractivity contribution in [2.45, 2.75) is 26.0 Å². The molecule has 0 atom stereocenters. The first-order chi connectivity index (χ1) is 7.60. The minimum Gasteiger partial charge on any atom is -0.103 e. The predicted molar refractivity (Wildman–Crippen MR) is 29.7 cm³/mol. The van der Waals surface area contributed by atoms with E-state index >= 15 is 0 Å². The highest BCUT2D eigenvalue weighted by Crippen LogP contribution is 1.91. The lowest BCUT2D eigenvalue weighted by Crippen LogP contribution is -1.61. The summed E-state index contributed by atoms with van der Waals surface area (Å²) < 4.78 is 85.1. The summed E-state index contributed by atoms with van der Waals surface area (Å²) in [4.78, 5) is 0. The van der Waals surface area contributed by atoms with E-state index in [4.69, 9.17) is 16.4 Å². The molecule has 36 valence electrons. The van der Waals surface area contributed by atoms with E-state index in [1.54, 1.807) is 0 Å². The van der Waals surface area contributed by atoms with Crippen LogP contribution in [0.2, 0.25) is 0 Å². The molecule has 0 bridgehead atoms. The molecule has 0 saturated carbocycles. The van der Waals surface area contributed by atoms with Gasteiger partial charge in [-0.3, -0.25) is 0 Å². The van der Waals surface area contributed by atoms with Crippen molar-refractivity contribution >= 4 is 0 Å². The average Bonchev–Trinajstić information content (AvgIpc) is 2.13.